The third-order valence-corrected chi connectivity index (χ3v) is 3.15. The van der Waals surface area contributed by atoms with Crippen molar-refractivity contribution in [1.82, 2.24) is 0 Å². The molecule has 0 aromatic heterocycles. The normalized spacial score (nSPS) is 13.2. The predicted octanol–water partition coefficient (Wildman–Crippen LogP) is 5.86. The number of hydrogen-bond acceptors (Lipinski definition) is 0. The molecule has 0 aliphatic rings. The van der Waals surface area contributed by atoms with Gasteiger partial charge in [-0.1, -0.05) is 24.3 Å². The zero-order chi connectivity index (χ0) is 17.5. The minimum Gasteiger partial charge on any atom is -0.196 e. The van der Waals surface area contributed by atoms with Crippen LogP contribution in [0.15, 0.2) is 48.5 Å². The summed E-state index contributed by atoms with van der Waals surface area (Å²) in [5, 5.41) is 0. The third-order valence-electron chi connectivity index (χ3n) is 3.15. The highest BCUT2D eigenvalue weighted by Crippen LogP contribution is 2.38. The van der Waals surface area contributed by atoms with Crippen LogP contribution < -0.4 is 0 Å². The van der Waals surface area contributed by atoms with Gasteiger partial charge in [0.05, 0.1) is 11.1 Å². The standard InChI is InChI=1S/C15H8F8/c16-13(17,9-1-5-11(6-2-9)14(18,19)20)10-3-7-12(8-4-10)15(21,22)23/h1-8H. The molecular weight excluding hydrogens is 332 g/mol. The molecule has 0 amide bonds. The highest BCUT2D eigenvalue weighted by atomic mass is 19.4. The first kappa shape index (κ1) is 17.2. The molecule has 2 aromatic rings. The quantitative estimate of drug-likeness (QED) is 0.600. The third kappa shape index (κ3) is 3.62. The van der Waals surface area contributed by atoms with Crippen LogP contribution in [0.2, 0.25) is 0 Å². The molecule has 0 bridgehead atoms. The molecule has 0 nitrogen and oxygen atoms in total. The molecule has 2 rings (SSSR count). The lowest BCUT2D eigenvalue weighted by Gasteiger charge is -2.18. The van der Waals surface area contributed by atoms with Crippen LogP contribution in [0.1, 0.15) is 22.3 Å². The second-order valence-electron chi connectivity index (χ2n) is 4.72. The Morgan fingerprint density at radius 2 is 0.609 bits per heavy atom. The van der Waals surface area contributed by atoms with E-state index in [9.17, 15) is 35.1 Å². The minimum atomic E-state index is -4.66. The number of alkyl halides is 8. The highest BCUT2D eigenvalue weighted by molar-refractivity contribution is 5.37. The number of halogens is 8. The predicted molar refractivity (Wildman–Crippen MR) is 65.9 cm³/mol. The Hall–Kier alpha value is -2.12. The fourth-order valence-electron chi connectivity index (χ4n) is 1.90. The van der Waals surface area contributed by atoms with E-state index in [-0.39, 0.29) is 0 Å². The van der Waals surface area contributed by atoms with Gasteiger partial charge in [-0.15, -0.1) is 0 Å². The van der Waals surface area contributed by atoms with E-state index in [0.29, 0.717) is 48.5 Å². The summed E-state index contributed by atoms with van der Waals surface area (Å²) in [5.74, 6) is -3.71. The van der Waals surface area contributed by atoms with E-state index < -0.39 is 40.5 Å². The molecule has 0 fully saturated rings. The van der Waals surface area contributed by atoms with Gasteiger partial charge in [-0.2, -0.15) is 35.1 Å². The Balaban J connectivity index is 2.34. The van der Waals surface area contributed by atoms with Gasteiger partial charge in [-0.05, 0) is 24.3 Å². The van der Waals surface area contributed by atoms with E-state index in [1.807, 2.05) is 0 Å². The monoisotopic (exact) mass is 340 g/mol. The van der Waals surface area contributed by atoms with Crippen molar-refractivity contribution < 1.29 is 35.1 Å². The Morgan fingerprint density at radius 1 is 0.391 bits per heavy atom. The first-order valence-electron chi connectivity index (χ1n) is 6.15. The Bertz CT molecular complexity index is 603. The molecule has 8 heteroatoms. The van der Waals surface area contributed by atoms with Crippen molar-refractivity contribution in [3.05, 3.63) is 70.8 Å². The second kappa shape index (κ2) is 5.50. The Kier molecular flexibility index (Phi) is 4.13. The van der Waals surface area contributed by atoms with E-state index in [0.717, 1.165) is 0 Å². The summed E-state index contributed by atoms with van der Waals surface area (Å²) in [6.07, 6.45) is -9.33. The highest BCUT2D eigenvalue weighted by Gasteiger charge is 2.37. The van der Waals surface area contributed by atoms with Crippen molar-refractivity contribution >= 4 is 0 Å². The molecule has 0 spiro atoms. The fraction of sp³-hybridized carbons (Fsp3) is 0.200. The molecule has 0 saturated carbocycles. The van der Waals surface area contributed by atoms with Crippen molar-refractivity contribution in [2.24, 2.45) is 0 Å². The van der Waals surface area contributed by atoms with Gasteiger partial charge in [0.1, 0.15) is 0 Å². The smallest absolute Gasteiger partial charge is 0.196 e. The van der Waals surface area contributed by atoms with Crippen LogP contribution in [-0.4, -0.2) is 0 Å². The van der Waals surface area contributed by atoms with Crippen molar-refractivity contribution in [3.8, 4) is 0 Å². The van der Waals surface area contributed by atoms with Gasteiger partial charge in [0.25, 0.3) is 5.92 Å². The zero-order valence-electron chi connectivity index (χ0n) is 11.1. The van der Waals surface area contributed by atoms with Gasteiger partial charge in [0.15, 0.2) is 0 Å². The molecule has 0 N–H and O–H groups in total. The van der Waals surface area contributed by atoms with Crippen LogP contribution in [0.5, 0.6) is 0 Å². The molecule has 0 heterocycles. The minimum absolute atomic E-state index is 0.493. The maximum absolute atomic E-state index is 14.2. The van der Waals surface area contributed by atoms with Gasteiger partial charge >= 0.3 is 12.4 Å². The van der Waals surface area contributed by atoms with Gasteiger partial charge < -0.3 is 0 Å². The van der Waals surface area contributed by atoms with E-state index in [1.54, 1.807) is 0 Å². The summed E-state index contributed by atoms with van der Waals surface area (Å²) in [6, 6.07) is 4.36. The van der Waals surface area contributed by atoms with Crippen LogP contribution in [0.4, 0.5) is 35.1 Å². The summed E-state index contributed by atoms with van der Waals surface area (Å²) < 4.78 is 103. The van der Waals surface area contributed by atoms with E-state index in [4.69, 9.17) is 0 Å². The van der Waals surface area contributed by atoms with Crippen molar-refractivity contribution in [3.63, 3.8) is 0 Å². The maximum atomic E-state index is 14.2. The molecular formula is C15H8F8. The van der Waals surface area contributed by atoms with Crippen LogP contribution in [-0.2, 0) is 18.3 Å². The van der Waals surface area contributed by atoms with Gasteiger partial charge in [0, 0.05) is 11.1 Å². The molecule has 23 heavy (non-hydrogen) atoms. The Labute approximate surface area is 125 Å². The van der Waals surface area contributed by atoms with Gasteiger partial charge in [-0.3, -0.25) is 0 Å². The number of benzene rings is 2. The first-order valence-corrected chi connectivity index (χ1v) is 6.15. The average molecular weight is 340 g/mol. The largest absolute Gasteiger partial charge is 0.416 e. The summed E-state index contributed by atoms with van der Waals surface area (Å²) in [6.45, 7) is 0. The first-order chi connectivity index (χ1) is 10.4. The van der Waals surface area contributed by atoms with Crippen LogP contribution in [0, 0.1) is 0 Å². The molecule has 0 unspecified atom stereocenters. The number of rotatable bonds is 2. The van der Waals surface area contributed by atoms with Gasteiger partial charge in [0.2, 0.25) is 0 Å². The summed E-state index contributed by atoms with van der Waals surface area (Å²) in [5.41, 5.74) is -3.68. The van der Waals surface area contributed by atoms with Crippen LogP contribution in [0.25, 0.3) is 0 Å². The zero-order valence-corrected chi connectivity index (χ0v) is 11.1. The van der Waals surface area contributed by atoms with E-state index in [1.165, 1.54) is 0 Å². The fourth-order valence-corrected chi connectivity index (χ4v) is 1.90. The topological polar surface area (TPSA) is 0 Å². The van der Waals surface area contributed by atoms with Crippen LogP contribution in [0.3, 0.4) is 0 Å². The van der Waals surface area contributed by atoms with E-state index in [2.05, 4.69) is 0 Å². The maximum Gasteiger partial charge on any atom is 0.416 e. The average Bonchev–Trinajstić information content (AvgIpc) is 2.46. The molecule has 0 atom stereocenters. The Morgan fingerprint density at radius 3 is 0.826 bits per heavy atom. The SMILES string of the molecule is FC(F)(F)c1ccc(C(F)(F)c2ccc(C(F)(F)F)cc2)cc1. The lowest BCUT2D eigenvalue weighted by Crippen LogP contribution is -2.16. The summed E-state index contributed by atoms with van der Waals surface area (Å²) in [4.78, 5) is 0. The van der Waals surface area contributed by atoms with Gasteiger partial charge in [-0.25, -0.2) is 0 Å². The number of hydrogen-bond donors (Lipinski definition) is 0. The molecule has 124 valence electrons. The molecule has 0 aliphatic heterocycles. The summed E-state index contributed by atoms with van der Waals surface area (Å²) >= 11 is 0. The van der Waals surface area contributed by atoms with Crippen molar-refractivity contribution in [2.75, 3.05) is 0 Å². The van der Waals surface area contributed by atoms with E-state index >= 15 is 0 Å². The van der Waals surface area contributed by atoms with Crippen molar-refractivity contribution in [2.45, 2.75) is 18.3 Å². The molecule has 0 aliphatic carbocycles. The second-order valence-corrected chi connectivity index (χ2v) is 4.72. The lowest BCUT2D eigenvalue weighted by atomic mass is 9.98. The molecule has 0 saturated heterocycles. The van der Waals surface area contributed by atoms with Crippen molar-refractivity contribution in [1.29, 1.82) is 0 Å². The lowest BCUT2D eigenvalue weighted by molar-refractivity contribution is -0.138. The van der Waals surface area contributed by atoms with Crippen LogP contribution >= 0.6 is 0 Å². The molecule has 2 aromatic carbocycles. The summed E-state index contributed by atoms with van der Waals surface area (Å²) in [7, 11) is 0. The molecule has 0 radical (unpaired) electrons.